The molecule has 0 unspecified atom stereocenters. The van der Waals surface area contributed by atoms with Gasteiger partial charge in [-0.25, -0.2) is 0 Å². The third-order valence-corrected chi connectivity index (χ3v) is 4.60. The highest BCUT2D eigenvalue weighted by Gasteiger charge is 2.47. The molecule has 0 spiro atoms. The summed E-state index contributed by atoms with van der Waals surface area (Å²) in [6, 6.07) is 4.38. The maximum Gasteiger partial charge on any atom is 0.0270 e. The molecule has 80 valence electrons. The monoisotopic (exact) mass is 202 g/mol. The predicted molar refractivity (Wildman–Crippen MR) is 60.5 cm³/mol. The van der Waals surface area contributed by atoms with Crippen molar-refractivity contribution >= 4 is 0 Å². The van der Waals surface area contributed by atoms with E-state index in [0.29, 0.717) is 5.41 Å². The number of hydrogen-bond donors (Lipinski definition) is 1. The molecule has 4 rings (SSSR count). The van der Waals surface area contributed by atoms with Crippen LogP contribution in [0.2, 0.25) is 0 Å². The van der Waals surface area contributed by atoms with Crippen LogP contribution in [-0.2, 0) is 5.41 Å². The van der Waals surface area contributed by atoms with Gasteiger partial charge in [0, 0.05) is 17.9 Å². The molecular formula is C13H18N2. The van der Waals surface area contributed by atoms with E-state index in [4.69, 9.17) is 5.73 Å². The fraction of sp³-hybridized carbons (Fsp3) is 0.615. The highest BCUT2D eigenvalue weighted by Crippen LogP contribution is 2.52. The molecule has 2 nitrogen and oxygen atoms in total. The number of rotatable bonds is 1. The van der Waals surface area contributed by atoms with Crippen LogP contribution in [0, 0.1) is 0 Å². The van der Waals surface area contributed by atoms with Crippen molar-refractivity contribution in [2.45, 2.75) is 49.5 Å². The topological polar surface area (TPSA) is 38.9 Å². The van der Waals surface area contributed by atoms with Gasteiger partial charge in [0.05, 0.1) is 0 Å². The van der Waals surface area contributed by atoms with Gasteiger partial charge in [-0.2, -0.15) is 0 Å². The normalized spacial score (nSPS) is 39.3. The number of aromatic nitrogens is 1. The zero-order valence-corrected chi connectivity index (χ0v) is 9.08. The van der Waals surface area contributed by atoms with Crippen molar-refractivity contribution in [3.05, 3.63) is 30.1 Å². The summed E-state index contributed by atoms with van der Waals surface area (Å²) in [4.78, 5) is 4.11. The van der Waals surface area contributed by atoms with Crippen LogP contribution in [0.5, 0.6) is 0 Å². The van der Waals surface area contributed by atoms with E-state index < -0.39 is 0 Å². The van der Waals surface area contributed by atoms with Gasteiger partial charge in [-0.3, -0.25) is 4.98 Å². The fourth-order valence-electron chi connectivity index (χ4n) is 3.35. The zero-order chi connectivity index (χ0) is 10.4. The van der Waals surface area contributed by atoms with Gasteiger partial charge >= 0.3 is 0 Å². The van der Waals surface area contributed by atoms with E-state index in [9.17, 15) is 0 Å². The molecule has 15 heavy (non-hydrogen) atoms. The average molecular weight is 202 g/mol. The second kappa shape index (κ2) is 3.05. The Balaban J connectivity index is 1.94. The van der Waals surface area contributed by atoms with E-state index in [1.165, 1.54) is 44.1 Å². The van der Waals surface area contributed by atoms with E-state index in [-0.39, 0.29) is 5.54 Å². The number of fused-ring (bicyclic) bond motifs is 3. The standard InChI is InChI=1S/C13H18N2/c14-13-6-3-12(4-7-13,5-8-13)11-1-9-15-10-2-11/h1-2,9-10H,3-8,14H2. The second-order valence-electron chi connectivity index (χ2n) is 5.38. The minimum atomic E-state index is 0.175. The van der Waals surface area contributed by atoms with E-state index in [1.807, 2.05) is 12.4 Å². The molecule has 1 aromatic heterocycles. The molecule has 1 heterocycles. The van der Waals surface area contributed by atoms with Crippen molar-refractivity contribution < 1.29 is 0 Å². The van der Waals surface area contributed by atoms with Crippen molar-refractivity contribution in [3.63, 3.8) is 0 Å². The molecule has 2 heteroatoms. The molecule has 0 aliphatic heterocycles. The molecule has 3 saturated carbocycles. The lowest BCUT2D eigenvalue weighted by Crippen LogP contribution is -2.53. The molecule has 1 aromatic rings. The van der Waals surface area contributed by atoms with Crippen molar-refractivity contribution in [1.82, 2.24) is 4.98 Å². The maximum absolute atomic E-state index is 6.32. The first-order valence-electron chi connectivity index (χ1n) is 5.92. The molecule has 0 radical (unpaired) electrons. The molecule has 3 aliphatic rings. The van der Waals surface area contributed by atoms with Crippen LogP contribution < -0.4 is 5.73 Å². The van der Waals surface area contributed by atoms with Crippen molar-refractivity contribution in [2.24, 2.45) is 5.73 Å². The van der Waals surface area contributed by atoms with Crippen LogP contribution in [0.1, 0.15) is 44.1 Å². The van der Waals surface area contributed by atoms with Crippen molar-refractivity contribution in [1.29, 1.82) is 0 Å². The molecular weight excluding hydrogens is 184 g/mol. The van der Waals surface area contributed by atoms with Gasteiger partial charge in [-0.1, -0.05) is 0 Å². The Kier molecular flexibility index (Phi) is 1.90. The van der Waals surface area contributed by atoms with Crippen molar-refractivity contribution in [2.75, 3.05) is 0 Å². The minimum absolute atomic E-state index is 0.175. The van der Waals surface area contributed by atoms with Crippen LogP contribution in [0.4, 0.5) is 0 Å². The summed E-state index contributed by atoms with van der Waals surface area (Å²) in [5.41, 5.74) is 8.42. The Bertz CT molecular complexity index is 334. The van der Waals surface area contributed by atoms with Crippen molar-refractivity contribution in [3.8, 4) is 0 Å². The summed E-state index contributed by atoms with van der Waals surface area (Å²) in [6.45, 7) is 0. The van der Waals surface area contributed by atoms with Gasteiger partial charge < -0.3 is 5.73 Å². The Morgan fingerprint density at radius 2 is 1.47 bits per heavy atom. The molecule has 3 aliphatic carbocycles. The highest BCUT2D eigenvalue weighted by molar-refractivity contribution is 5.27. The van der Waals surface area contributed by atoms with Gasteiger partial charge in [0.2, 0.25) is 0 Å². The molecule has 0 amide bonds. The molecule has 2 N–H and O–H groups in total. The Labute approximate surface area is 90.9 Å². The van der Waals surface area contributed by atoms with E-state index >= 15 is 0 Å². The number of nitrogens with two attached hydrogens (primary N) is 1. The second-order valence-corrected chi connectivity index (χ2v) is 5.38. The van der Waals surface area contributed by atoms with E-state index in [0.717, 1.165) is 0 Å². The summed E-state index contributed by atoms with van der Waals surface area (Å²) in [6.07, 6.45) is 11.3. The first kappa shape index (κ1) is 9.34. The molecule has 0 atom stereocenters. The number of nitrogens with zero attached hydrogens (tertiary/aromatic N) is 1. The average Bonchev–Trinajstić information content (AvgIpc) is 2.32. The molecule has 0 saturated heterocycles. The smallest absolute Gasteiger partial charge is 0.0270 e. The quantitative estimate of drug-likeness (QED) is 0.759. The minimum Gasteiger partial charge on any atom is -0.325 e. The third kappa shape index (κ3) is 1.39. The van der Waals surface area contributed by atoms with Crippen LogP contribution in [0.25, 0.3) is 0 Å². The molecule has 0 aromatic carbocycles. The number of pyridine rings is 1. The summed E-state index contributed by atoms with van der Waals surface area (Å²) in [5.74, 6) is 0. The Morgan fingerprint density at radius 3 is 2.00 bits per heavy atom. The summed E-state index contributed by atoms with van der Waals surface area (Å²) >= 11 is 0. The van der Waals surface area contributed by atoms with Gasteiger partial charge in [-0.15, -0.1) is 0 Å². The van der Waals surface area contributed by atoms with Gasteiger partial charge in [0.1, 0.15) is 0 Å². The van der Waals surface area contributed by atoms with Crippen LogP contribution in [-0.4, -0.2) is 10.5 Å². The summed E-state index contributed by atoms with van der Waals surface area (Å²) in [7, 11) is 0. The summed E-state index contributed by atoms with van der Waals surface area (Å²) in [5, 5.41) is 0. The lowest BCUT2D eigenvalue weighted by molar-refractivity contribution is 0.107. The maximum atomic E-state index is 6.32. The zero-order valence-electron chi connectivity index (χ0n) is 9.08. The first-order valence-corrected chi connectivity index (χ1v) is 5.92. The third-order valence-electron chi connectivity index (χ3n) is 4.60. The predicted octanol–water partition coefficient (Wildman–Crippen LogP) is 2.38. The summed E-state index contributed by atoms with van der Waals surface area (Å²) < 4.78 is 0. The first-order chi connectivity index (χ1) is 7.23. The molecule has 2 bridgehead atoms. The largest absolute Gasteiger partial charge is 0.325 e. The van der Waals surface area contributed by atoms with Gasteiger partial charge in [0.15, 0.2) is 0 Å². The van der Waals surface area contributed by atoms with Gasteiger partial charge in [-0.05, 0) is 61.6 Å². The lowest BCUT2D eigenvalue weighted by atomic mass is 9.55. The van der Waals surface area contributed by atoms with E-state index in [1.54, 1.807) is 0 Å². The van der Waals surface area contributed by atoms with Crippen LogP contribution in [0.3, 0.4) is 0 Å². The van der Waals surface area contributed by atoms with Crippen LogP contribution in [0.15, 0.2) is 24.5 Å². The Morgan fingerprint density at radius 1 is 0.933 bits per heavy atom. The molecule has 3 fully saturated rings. The Hall–Kier alpha value is -0.890. The van der Waals surface area contributed by atoms with E-state index in [2.05, 4.69) is 17.1 Å². The van der Waals surface area contributed by atoms with Crippen LogP contribution >= 0.6 is 0 Å². The fourth-order valence-corrected chi connectivity index (χ4v) is 3.35. The SMILES string of the molecule is NC12CCC(c3ccncc3)(CC1)CC2. The van der Waals surface area contributed by atoms with Gasteiger partial charge in [0.25, 0.3) is 0 Å². The lowest BCUT2D eigenvalue weighted by Gasteiger charge is -2.52. The highest BCUT2D eigenvalue weighted by atomic mass is 14.8. The number of hydrogen-bond acceptors (Lipinski definition) is 2.